The van der Waals surface area contributed by atoms with Gasteiger partial charge in [0.15, 0.2) is 0 Å². The highest BCUT2D eigenvalue weighted by Crippen LogP contribution is 2.38. The number of aromatic hydroxyl groups is 1. The van der Waals surface area contributed by atoms with E-state index in [2.05, 4.69) is 0 Å². The fourth-order valence-corrected chi connectivity index (χ4v) is 3.56. The Morgan fingerprint density at radius 2 is 2.13 bits per heavy atom. The summed E-state index contributed by atoms with van der Waals surface area (Å²) in [6, 6.07) is 6.43. The third-order valence-corrected chi connectivity index (χ3v) is 5.16. The molecule has 1 saturated carbocycles. The van der Waals surface area contributed by atoms with Crippen molar-refractivity contribution in [1.29, 1.82) is 0 Å². The summed E-state index contributed by atoms with van der Waals surface area (Å²) in [6.45, 7) is 2.86. The van der Waals surface area contributed by atoms with Crippen molar-refractivity contribution in [1.82, 2.24) is 4.90 Å². The number of hydrogen-bond acceptors (Lipinski definition) is 4. The van der Waals surface area contributed by atoms with Crippen LogP contribution in [0.1, 0.15) is 36.0 Å². The summed E-state index contributed by atoms with van der Waals surface area (Å²) in [7, 11) is 0. The van der Waals surface area contributed by atoms with Gasteiger partial charge in [-0.2, -0.15) is 0 Å². The van der Waals surface area contributed by atoms with Crippen LogP contribution in [-0.4, -0.2) is 53.9 Å². The number of carbonyl (C=O) groups excluding carboxylic acids is 1. The number of rotatable bonds is 4. The van der Waals surface area contributed by atoms with Crippen LogP contribution >= 0.6 is 0 Å². The van der Waals surface area contributed by atoms with E-state index in [0.29, 0.717) is 18.7 Å². The fraction of sp³-hybridized carbons (Fsp3) is 0.611. The minimum Gasteiger partial charge on any atom is -0.508 e. The molecule has 2 atom stereocenters. The van der Waals surface area contributed by atoms with E-state index in [4.69, 9.17) is 9.47 Å². The van der Waals surface area contributed by atoms with Crippen molar-refractivity contribution in [3.8, 4) is 5.75 Å². The predicted octanol–water partition coefficient (Wildman–Crippen LogP) is 2.19. The van der Waals surface area contributed by atoms with Crippen LogP contribution in [0.5, 0.6) is 5.75 Å². The Labute approximate surface area is 136 Å². The SMILES string of the molecule is O=C(c1ccc(O)cc1)N1CCC2(CC(OCC3CC3)CO2)C1. The summed E-state index contributed by atoms with van der Waals surface area (Å²) in [4.78, 5) is 14.4. The van der Waals surface area contributed by atoms with E-state index in [9.17, 15) is 9.90 Å². The standard InChI is InChI=1S/C18H23NO4/c20-15-5-3-14(4-6-15)17(21)19-8-7-18(12-19)9-16(11-23-18)22-10-13-1-2-13/h3-6,13,16,20H,1-2,7-12H2. The zero-order valence-electron chi connectivity index (χ0n) is 13.2. The van der Waals surface area contributed by atoms with Crippen LogP contribution in [-0.2, 0) is 9.47 Å². The van der Waals surface area contributed by atoms with Gasteiger partial charge in [-0.05, 0) is 49.4 Å². The van der Waals surface area contributed by atoms with Crippen molar-refractivity contribution in [2.45, 2.75) is 37.4 Å². The summed E-state index contributed by atoms with van der Waals surface area (Å²) in [6.07, 6.45) is 4.54. The zero-order valence-corrected chi connectivity index (χ0v) is 13.2. The number of phenols is 1. The Kier molecular flexibility index (Phi) is 3.77. The lowest BCUT2D eigenvalue weighted by atomic mass is 9.98. The summed E-state index contributed by atoms with van der Waals surface area (Å²) in [5.74, 6) is 0.949. The zero-order chi connectivity index (χ0) is 15.9. The van der Waals surface area contributed by atoms with Gasteiger partial charge in [-0.3, -0.25) is 4.79 Å². The second kappa shape index (κ2) is 5.80. The molecule has 3 aliphatic rings. The number of likely N-dealkylation sites (tertiary alicyclic amines) is 1. The van der Waals surface area contributed by atoms with Crippen LogP contribution in [0.25, 0.3) is 0 Å². The van der Waals surface area contributed by atoms with Crippen LogP contribution in [0.15, 0.2) is 24.3 Å². The second-order valence-corrected chi connectivity index (χ2v) is 7.12. The van der Waals surface area contributed by atoms with E-state index in [-0.39, 0.29) is 23.4 Å². The van der Waals surface area contributed by atoms with Gasteiger partial charge in [0.1, 0.15) is 5.75 Å². The van der Waals surface area contributed by atoms with Gasteiger partial charge in [-0.15, -0.1) is 0 Å². The maximum atomic E-state index is 12.6. The Hall–Kier alpha value is -1.59. The maximum absolute atomic E-state index is 12.6. The molecule has 2 saturated heterocycles. The van der Waals surface area contributed by atoms with Crippen molar-refractivity contribution in [3.63, 3.8) is 0 Å². The highest BCUT2D eigenvalue weighted by molar-refractivity contribution is 5.94. The normalized spacial score (nSPS) is 30.3. The van der Waals surface area contributed by atoms with Gasteiger partial charge < -0.3 is 19.5 Å². The Morgan fingerprint density at radius 1 is 1.35 bits per heavy atom. The van der Waals surface area contributed by atoms with Crippen molar-refractivity contribution in [3.05, 3.63) is 29.8 Å². The molecular formula is C18H23NO4. The van der Waals surface area contributed by atoms with Crippen molar-refractivity contribution in [2.24, 2.45) is 5.92 Å². The van der Waals surface area contributed by atoms with Gasteiger partial charge in [-0.25, -0.2) is 0 Å². The molecule has 3 fully saturated rings. The molecule has 2 unspecified atom stereocenters. The molecule has 5 heteroatoms. The molecule has 1 spiro atoms. The summed E-state index contributed by atoms with van der Waals surface area (Å²) in [5.41, 5.74) is 0.389. The lowest BCUT2D eigenvalue weighted by Gasteiger charge is -2.23. The average Bonchev–Trinajstić information content (AvgIpc) is 3.18. The predicted molar refractivity (Wildman–Crippen MR) is 84.4 cm³/mol. The summed E-state index contributed by atoms with van der Waals surface area (Å²) < 4.78 is 12.0. The number of ether oxygens (including phenoxy) is 2. The van der Waals surface area contributed by atoms with Crippen LogP contribution in [0.2, 0.25) is 0 Å². The number of hydrogen-bond donors (Lipinski definition) is 1. The molecule has 1 aromatic carbocycles. The number of phenolic OH excluding ortho intramolecular Hbond substituents is 1. The highest BCUT2D eigenvalue weighted by Gasteiger charge is 2.47. The summed E-state index contributed by atoms with van der Waals surface area (Å²) >= 11 is 0. The smallest absolute Gasteiger partial charge is 0.253 e. The van der Waals surface area contributed by atoms with E-state index in [1.807, 2.05) is 4.90 Å². The first-order chi connectivity index (χ1) is 11.1. The van der Waals surface area contributed by atoms with E-state index >= 15 is 0 Å². The van der Waals surface area contributed by atoms with Gasteiger partial charge >= 0.3 is 0 Å². The topological polar surface area (TPSA) is 59.0 Å². The van der Waals surface area contributed by atoms with Crippen LogP contribution in [0.4, 0.5) is 0 Å². The second-order valence-electron chi connectivity index (χ2n) is 7.12. The molecule has 124 valence electrons. The monoisotopic (exact) mass is 317 g/mol. The van der Waals surface area contributed by atoms with Crippen molar-refractivity contribution in [2.75, 3.05) is 26.3 Å². The molecular weight excluding hydrogens is 294 g/mol. The number of amides is 1. The first-order valence-corrected chi connectivity index (χ1v) is 8.47. The molecule has 1 amide bonds. The molecule has 23 heavy (non-hydrogen) atoms. The Morgan fingerprint density at radius 3 is 2.87 bits per heavy atom. The van der Waals surface area contributed by atoms with Crippen LogP contribution in [0.3, 0.4) is 0 Å². The van der Waals surface area contributed by atoms with Gasteiger partial charge in [0, 0.05) is 25.1 Å². The van der Waals surface area contributed by atoms with Crippen molar-refractivity contribution >= 4 is 5.91 Å². The third kappa shape index (κ3) is 3.21. The molecule has 0 bridgehead atoms. The highest BCUT2D eigenvalue weighted by atomic mass is 16.6. The molecule has 2 aliphatic heterocycles. The van der Waals surface area contributed by atoms with Gasteiger partial charge in [0.2, 0.25) is 0 Å². The quantitative estimate of drug-likeness (QED) is 0.925. The lowest BCUT2D eigenvalue weighted by molar-refractivity contribution is 0.00157. The lowest BCUT2D eigenvalue weighted by Crippen LogP contribution is -2.36. The number of carbonyl (C=O) groups is 1. The molecule has 1 aromatic rings. The molecule has 5 nitrogen and oxygen atoms in total. The average molecular weight is 317 g/mol. The fourth-order valence-electron chi connectivity index (χ4n) is 3.56. The minimum absolute atomic E-state index is 0.00724. The van der Waals surface area contributed by atoms with Gasteiger partial charge in [-0.1, -0.05) is 0 Å². The molecule has 4 rings (SSSR count). The van der Waals surface area contributed by atoms with Gasteiger partial charge in [0.05, 0.1) is 24.9 Å². The largest absolute Gasteiger partial charge is 0.508 e. The van der Waals surface area contributed by atoms with E-state index in [0.717, 1.165) is 31.9 Å². The van der Waals surface area contributed by atoms with Crippen molar-refractivity contribution < 1.29 is 19.4 Å². The van der Waals surface area contributed by atoms with Gasteiger partial charge in [0.25, 0.3) is 5.91 Å². The third-order valence-electron chi connectivity index (χ3n) is 5.16. The first kappa shape index (κ1) is 15.0. The van der Waals surface area contributed by atoms with E-state index < -0.39 is 0 Å². The first-order valence-electron chi connectivity index (χ1n) is 8.47. The number of nitrogens with zero attached hydrogens (tertiary/aromatic N) is 1. The van der Waals surface area contributed by atoms with E-state index in [1.54, 1.807) is 24.3 Å². The molecule has 1 aliphatic carbocycles. The summed E-state index contributed by atoms with van der Waals surface area (Å²) in [5, 5.41) is 9.34. The van der Waals surface area contributed by atoms with Crippen LogP contribution in [0, 0.1) is 5.92 Å². The number of benzene rings is 1. The van der Waals surface area contributed by atoms with E-state index in [1.165, 1.54) is 12.8 Å². The molecule has 2 heterocycles. The molecule has 1 N–H and O–H groups in total. The van der Waals surface area contributed by atoms with Crippen LogP contribution < -0.4 is 0 Å². The Bertz CT molecular complexity index is 583. The molecule has 0 aromatic heterocycles. The maximum Gasteiger partial charge on any atom is 0.253 e. The minimum atomic E-state index is -0.221. The molecule has 0 radical (unpaired) electrons. The Balaban J connectivity index is 1.35.